The van der Waals surface area contributed by atoms with Crippen molar-refractivity contribution >= 4 is 11.6 Å². The van der Waals surface area contributed by atoms with E-state index >= 15 is 0 Å². The van der Waals surface area contributed by atoms with Gasteiger partial charge in [-0.15, -0.1) is 0 Å². The second-order valence-corrected chi connectivity index (χ2v) is 4.47. The number of benzene rings is 1. The predicted molar refractivity (Wildman–Crippen MR) is 63.9 cm³/mol. The molecular formula is C12H17N3O. The van der Waals surface area contributed by atoms with Crippen LogP contribution in [0.5, 0.6) is 0 Å². The second-order valence-electron chi connectivity index (χ2n) is 4.47. The van der Waals surface area contributed by atoms with Gasteiger partial charge in [0.1, 0.15) is 0 Å². The van der Waals surface area contributed by atoms with Crippen molar-refractivity contribution < 1.29 is 4.79 Å². The van der Waals surface area contributed by atoms with Gasteiger partial charge >= 0.3 is 0 Å². The summed E-state index contributed by atoms with van der Waals surface area (Å²) in [5.74, 6) is 6.00. The first-order chi connectivity index (χ1) is 7.69. The molecule has 0 radical (unpaired) electrons. The normalized spacial score (nSPS) is 23.4. The molecule has 0 spiro atoms. The Morgan fingerprint density at radius 3 is 2.44 bits per heavy atom. The van der Waals surface area contributed by atoms with Gasteiger partial charge in [0.05, 0.1) is 0 Å². The fraction of sp³-hybridized carbons (Fsp3) is 0.417. The molecule has 16 heavy (non-hydrogen) atoms. The largest absolute Gasteiger partial charge is 0.349 e. The standard InChI is InChI=1S/C12H17N3O/c1-8-6-11(7-8)14-12(16)9-2-4-10(15-13)5-3-9/h2-5,8,11,15H,6-7,13H2,1H3,(H,14,16). The number of rotatable bonds is 3. The molecule has 86 valence electrons. The van der Waals surface area contributed by atoms with E-state index in [0.717, 1.165) is 24.4 Å². The lowest BCUT2D eigenvalue weighted by molar-refractivity contribution is 0.0896. The molecule has 4 N–H and O–H groups in total. The molecule has 0 saturated heterocycles. The van der Waals surface area contributed by atoms with E-state index in [9.17, 15) is 4.79 Å². The molecule has 1 aliphatic rings. The summed E-state index contributed by atoms with van der Waals surface area (Å²) in [4.78, 5) is 11.8. The first kappa shape index (κ1) is 11.0. The molecule has 0 aromatic heterocycles. The number of carbonyl (C=O) groups excluding carboxylic acids is 1. The molecule has 1 aliphatic carbocycles. The molecular weight excluding hydrogens is 202 g/mol. The molecule has 0 aliphatic heterocycles. The van der Waals surface area contributed by atoms with E-state index in [1.807, 2.05) is 0 Å². The summed E-state index contributed by atoms with van der Waals surface area (Å²) in [7, 11) is 0. The van der Waals surface area contributed by atoms with Gasteiger partial charge in [-0.25, -0.2) is 0 Å². The van der Waals surface area contributed by atoms with Crippen molar-refractivity contribution in [3.05, 3.63) is 29.8 Å². The highest BCUT2D eigenvalue weighted by Crippen LogP contribution is 2.26. The van der Waals surface area contributed by atoms with E-state index < -0.39 is 0 Å². The van der Waals surface area contributed by atoms with E-state index in [0.29, 0.717) is 11.6 Å². The third-order valence-corrected chi connectivity index (χ3v) is 3.02. The van der Waals surface area contributed by atoms with Crippen LogP contribution >= 0.6 is 0 Å². The number of carbonyl (C=O) groups is 1. The number of nitrogens with two attached hydrogens (primary N) is 1. The van der Waals surface area contributed by atoms with Crippen LogP contribution < -0.4 is 16.6 Å². The van der Waals surface area contributed by atoms with Gasteiger partial charge in [0.15, 0.2) is 0 Å². The van der Waals surface area contributed by atoms with Crippen LogP contribution in [0.2, 0.25) is 0 Å². The number of anilines is 1. The molecule has 1 amide bonds. The Balaban J connectivity index is 1.93. The number of amides is 1. The topological polar surface area (TPSA) is 67.2 Å². The SMILES string of the molecule is CC1CC(NC(=O)c2ccc(NN)cc2)C1. The predicted octanol–water partition coefficient (Wildman–Crippen LogP) is 1.50. The monoisotopic (exact) mass is 219 g/mol. The molecule has 1 fully saturated rings. The number of hydrazine groups is 1. The zero-order valence-electron chi connectivity index (χ0n) is 9.36. The molecule has 1 aromatic carbocycles. The quantitative estimate of drug-likeness (QED) is 0.533. The van der Waals surface area contributed by atoms with E-state index in [1.54, 1.807) is 24.3 Å². The Morgan fingerprint density at radius 1 is 1.31 bits per heavy atom. The van der Waals surface area contributed by atoms with Crippen LogP contribution in [-0.2, 0) is 0 Å². The van der Waals surface area contributed by atoms with Gasteiger partial charge in [-0.05, 0) is 43.0 Å². The van der Waals surface area contributed by atoms with Crippen LogP contribution in [0.25, 0.3) is 0 Å². The molecule has 0 bridgehead atoms. The Labute approximate surface area is 95.2 Å². The zero-order valence-corrected chi connectivity index (χ0v) is 9.36. The summed E-state index contributed by atoms with van der Waals surface area (Å²) in [5.41, 5.74) is 4.01. The Morgan fingerprint density at radius 2 is 1.94 bits per heavy atom. The maximum Gasteiger partial charge on any atom is 0.251 e. The van der Waals surface area contributed by atoms with Crippen molar-refractivity contribution in [1.82, 2.24) is 5.32 Å². The lowest BCUT2D eigenvalue weighted by Gasteiger charge is -2.33. The van der Waals surface area contributed by atoms with Crippen LogP contribution in [-0.4, -0.2) is 11.9 Å². The fourth-order valence-electron chi connectivity index (χ4n) is 2.01. The van der Waals surface area contributed by atoms with Gasteiger partial charge in [0, 0.05) is 17.3 Å². The number of hydrogen-bond donors (Lipinski definition) is 3. The first-order valence-electron chi connectivity index (χ1n) is 5.56. The second kappa shape index (κ2) is 4.53. The summed E-state index contributed by atoms with van der Waals surface area (Å²) in [6.45, 7) is 2.20. The van der Waals surface area contributed by atoms with Gasteiger partial charge < -0.3 is 10.7 Å². The van der Waals surface area contributed by atoms with Gasteiger partial charge in [-0.2, -0.15) is 0 Å². The third-order valence-electron chi connectivity index (χ3n) is 3.02. The van der Waals surface area contributed by atoms with E-state index in [1.165, 1.54) is 0 Å². The molecule has 0 unspecified atom stereocenters. The third kappa shape index (κ3) is 2.33. The lowest BCUT2D eigenvalue weighted by Crippen LogP contribution is -2.43. The van der Waals surface area contributed by atoms with Crippen LogP contribution in [0.4, 0.5) is 5.69 Å². The molecule has 4 nitrogen and oxygen atoms in total. The molecule has 2 rings (SSSR count). The van der Waals surface area contributed by atoms with E-state index in [-0.39, 0.29) is 5.91 Å². The van der Waals surface area contributed by atoms with Crippen LogP contribution in [0.15, 0.2) is 24.3 Å². The minimum atomic E-state index is 0.000437. The minimum Gasteiger partial charge on any atom is -0.349 e. The number of hydrogen-bond acceptors (Lipinski definition) is 3. The number of nitrogens with one attached hydrogen (secondary N) is 2. The summed E-state index contributed by atoms with van der Waals surface area (Å²) in [5, 5.41) is 3.01. The Kier molecular flexibility index (Phi) is 3.10. The molecule has 1 saturated carbocycles. The van der Waals surface area contributed by atoms with Crippen molar-refractivity contribution in [3.63, 3.8) is 0 Å². The highest BCUT2D eigenvalue weighted by molar-refractivity contribution is 5.94. The maximum atomic E-state index is 11.8. The van der Waals surface area contributed by atoms with Crippen molar-refractivity contribution in [3.8, 4) is 0 Å². The molecule has 1 aromatic rings. The molecule has 0 atom stereocenters. The minimum absolute atomic E-state index is 0.000437. The average Bonchev–Trinajstić information content (AvgIpc) is 2.27. The van der Waals surface area contributed by atoms with Crippen molar-refractivity contribution in [1.29, 1.82) is 0 Å². The highest BCUT2D eigenvalue weighted by Gasteiger charge is 2.26. The smallest absolute Gasteiger partial charge is 0.251 e. The highest BCUT2D eigenvalue weighted by atomic mass is 16.1. The van der Waals surface area contributed by atoms with Gasteiger partial charge in [-0.1, -0.05) is 6.92 Å². The molecule has 0 heterocycles. The van der Waals surface area contributed by atoms with Crippen LogP contribution in [0, 0.1) is 5.92 Å². The number of nitrogen functional groups attached to an aromatic ring is 1. The maximum absolute atomic E-state index is 11.8. The van der Waals surface area contributed by atoms with Gasteiger partial charge in [-0.3, -0.25) is 10.6 Å². The van der Waals surface area contributed by atoms with E-state index in [4.69, 9.17) is 5.84 Å². The Bertz CT molecular complexity index is 368. The van der Waals surface area contributed by atoms with Crippen LogP contribution in [0.1, 0.15) is 30.1 Å². The molecule has 4 heteroatoms. The van der Waals surface area contributed by atoms with Crippen LogP contribution in [0.3, 0.4) is 0 Å². The zero-order chi connectivity index (χ0) is 11.5. The summed E-state index contributed by atoms with van der Waals surface area (Å²) in [6, 6.07) is 7.48. The first-order valence-corrected chi connectivity index (χ1v) is 5.56. The van der Waals surface area contributed by atoms with Crippen molar-refractivity contribution in [2.75, 3.05) is 5.43 Å². The lowest BCUT2D eigenvalue weighted by atomic mass is 9.82. The average molecular weight is 219 g/mol. The summed E-state index contributed by atoms with van der Waals surface area (Å²) < 4.78 is 0. The fourth-order valence-corrected chi connectivity index (χ4v) is 2.01. The summed E-state index contributed by atoms with van der Waals surface area (Å²) in [6.07, 6.45) is 2.18. The summed E-state index contributed by atoms with van der Waals surface area (Å²) >= 11 is 0. The van der Waals surface area contributed by atoms with E-state index in [2.05, 4.69) is 17.7 Å². The van der Waals surface area contributed by atoms with Gasteiger partial charge in [0.2, 0.25) is 0 Å². The van der Waals surface area contributed by atoms with Crippen molar-refractivity contribution in [2.24, 2.45) is 11.8 Å². The van der Waals surface area contributed by atoms with Gasteiger partial charge in [0.25, 0.3) is 5.91 Å². The Hall–Kier alpha value is -1.55. The van der Waals surface area contributed by atoms with Crippen molar-refractivity contribution in [2.45, 2.75) is 25.8 Å².